The van der Waals surface area contributed by atoms with E-state index in [0.29, 0.717) is 11.8 Å². The van der Waals surface area contributed by atoms with Crippen LogP contribution >= 0.6 is 0 Å². The van der Waals surface area contributed by atoms with Crippen LogP contribution in [0.25, 0.3) is 0 Å². The van der Waals surface area contributed by atoms with Gasteiger partial charge in [0.25, 0.3) is 0 Å². The van der Waals surface area contributed by atoms with Gasteiger partial charge in [0.15, 0.2) is 0 Å². The monoisotopic (exact) mass is 205 g/mol. The highest BCUT2D eigenvalue weighted by molar-refractivity contribution is 5.25. The molecule has 0 aliphatic carbocycles. The van der Waals surface area contributed by atoms with Crippen LogP contribution < -0.4 is 5.32 Å². The summed E-state index contributed by atoms with van der Waals surface area (Å²) in [7, 11) is 0. The molecular formula is C12H19N3. The van der Waals surface area contributed by atoms with Crippen molar-refractivity contribution in [2.45, 2.75) is 39.0 Å². The van der Waals surface area contributed by atoms with Crippen molar-refractivity contribution in [2.24, 2.45) is 0 Å². The van der Waals surface area contributed by atoms with E-state index in [1.807, 2.05) is 13.1 Å². The highest BCUT2D eigenvalue weighted by Crippen LogP contribution is 2.27. The Labute approximate surface area is 91.3 Å². The molecule has 1 aromatic heterocycles. The molecule has 1 N–H and O–H groups in total. The van der Waals surface area contributed by atoms with Crippen molar-refractivity contribution in [3.05, 3.63) is 23.3 Å². The normalized spacial score (nSPS) is 21.2. The molecule has 0 bridgehead atoms. The first kappa shape index (κ1) is 10.6. The Balaban J connectivity index is 2.37. The Morgan fingerprint density at radius 1 is 1.47 bits per heavy atom. The maximum atomic E-state index is 4.63. The standard InChI is InChI=1S/C12H19N3/c1-8(2)11-7-14-9(3)15-12(11)10-4-5-13-6-10/h7-8,10,13H,4-6H2,1-3H3. The van der Waals surface area contributed by atoms with Crippen LogP contribution in [0.15, 0.2) is 6.20 Å². The molecule has 15 heavy (non-hydrogen) atoms. The first-order valence-corrected chi connectivity index (χ1v) is 5.72. The Bertz CT molecular complexity index is 341. The minimum Gasteiger partial charge on any atom is -0.316 e. The lowest BCUT2D eigenvalue weighted by molar-refractivity contribution is 0.688. The predicted molar refractivity (Wildman–Crippen MR) is 61.1 cm³/mol. The third kappa shape index (κ3) is 2.17. The maximum Gasteiger partial charge on any atom is 0.125 e. The molecule has 1 aromatic rings. The summed E-state index contributed by atoms with van der Waals surface area (Å²) >= 11 is 0. The number of hydrogen-bond acceptors (Lipinski definition) is 3. The molecule has 1 unspecified atom stereocenters. The molecule has 0 spiro atoms. The van der Waals surface area contributed by atoms with E-state index in [1.54, 1.807) is 0 Å². The summed E-state index contributed by atoms with van der Waals surface area (Å²) in [6.45, 7) is 8.57. The summed E-state index contributed by atoms with van der Waals surface area (Å²) in [5, 5.41) is 3.40. The number of aryl methyl sites for hydroxylation is 1. The van der Waals surface area contributed by atoms with Crippen LogP contribution in [-0.2, 0) is 0 Å². The Morgan fingerprint density at radius 3 is 2.87 bits per heavy atom. The second kappa shape index (κ2) is 4.27. The zero-order chi connectivity index (χ0) is 10.8. The van der Waals surface area contributed by atoms with Gasteiger partial charge >= 0.3 is 0 Å². The molecule has 2 rings (SSSR count). The lowest BCUT2D eigenvalue weighted by Crippen LogP contribution is -2.12. The van der Waals surface area contributed by atoms with Gasteiger partial charge in [-0.25, -0.2) is 9.97 Å². The maximum absolute atomic E-state index is 4.63. The van der Waals surface area contributed by atoms with Crippen LogP contribution in [-0.4, -0.2) is 23.1 Å². The molecule has 1 aliphatic heterocycles. The van der Waals surface area contributed by atoms with Crippen LogP contribution in [0.2, 0.25) is 0 Å². The van der Waals surface area contributed by atoms with Gasteiger partial charge in [0.05, 0.1) is 5.69 Å². The Morgan fingerprint density at radius 2 is 2.27 bits per heavy atom. The van der Waals surface area contributed by atoms with Gasteiger partial charge in [-0.2, -0.15) is 0 Å². The third-order valence-electron chi connectivity index (χ3n) is 3.04. The van der Waals surface area contributed by atoms with E-state index < -0.39 is 0 Å². The van der Waals surface area contributed by atoms with Gasteiger partial charge < -0.3 is 5.32 Å². The zero-order valence-electron chi connectivity index (χ0n) is 9.75. The number of aromatic nitrogens is 2. The van der Waals surface area contributed by atoms with E-state index in [-0.39, 0.29) is 0 Å². The van der Waals surface area contributed by atoms with Crippen LogP contribution in [0.3, 0.4) is 0 Å². The predicted octanol–water partition coefficient (Wildman–Crippen LogP) is 1.99. The van der Waals surface area contributed by atoms with Gasteiger partial charge in [0.2, 0.25) is 0 Å². The van der Waals surface area contributed by atoms with Crippen LogP contribution in [0.4, 0.5) is 0 Å². The van der Waals surface area contributed by atoms with Crippen molar-refractivity contribution in [1.29, 1.82) is 0 Å². The van der Waals surface area contributed by atoms with Gasteiger partial charge in [-0.3, -0.25) is 0 Å². The van der Waals surface area contributed by atoms with E-state index >= 15 is 0 Å². The number of hydrogen-bond donors (Lipinski definition) is 1. The molecule has 0 radical (unpaired) electrons. The molecule has 1 fully saturated rings. The van der Waals surface area contributed by atoms with Gasteiger partial charge in [0.1, 0.15) is 5.82 Å². The Hall–Kier alpha value is -0.960. The molecule has 0 aromatic carbocycles. The summed E-state index contributed by atoms with van der Waals surface area (Å²) in [6.07, 6.45) is 3.21. The van der Waals surface area contributed by atoms with Crippen molar-refractivity contribution in [3.63, 3.8) is 0 Å². The average Bonchev–Trinajstić information content (AvgIpc) is 2.69. The zero-order valence-corrected chi connectivity index (χ0v) is 9.75. The average molecular weight is 205 g/mol. The second-order valence-electron chi connectivity index (χ2n) is 4.60. The smallest absolute Gasteiger partial charge is 0.125 e. The van der Waals surface area contributed by atoms with Crippen molar-refractivity contribution >= 4 is 0 Å². The SMILES string of the molecule is Cc1ncc(C(C)C)c(C2CCNC2)n1. The summed E-state index contributed by atoms with van der Waals surface area (Å²) in [6, 6.07) is 0. The summed E-state index contributed by atoms with van der Waals surface area (Å²) in [5.41, 5.74) is 2.58. The molecule has 1 atom stereocenters. The van der Waals surface area contributed by atoms with Crippen molar-refractivity contribution in [1.82, 2.24) is 15.3 Å². The molecule has 0 saturated carbocycles. The van der Waals surface area contributed by atoms with Crippen LogP contribution in [0.5, 0.6) is 0 Å². The Kier molecular flexibility index (Phi) is 3.00. The molecule has 1 saturated heterocycles. The number of nitrogens with zero attached hydrogens (tertiary/aromatic N) is 2. The van der Waals surface area contributed by atoms with Crippen LogP contribution in [0.1, 0.15) is 49.2 Å². The molecule has 1 aliphatic rings. The quantitative estimate of drug-likeness (QED) is 0.802. The highest BCUT2D eigenvalue weighted by atomic mass is 14.9. The lowest BCUT2D eigenvalue weighted by Gasteiger charge is -2.16. The molecular weight excluding hydrogens is 186 g/mol. The molecule has 2 heterocycles. The third-order valence-corrected chi connectivity index (χ3v) is 3.04. The first-order valence-electron chi connectivity index (χ1n) is 5.72. The van der Waals surface area contributed by atoms with Crippen molar-refractivity contribution < 1.29 is 0 Å². The highest BCUT2D eigenvalue weighted by Gasteiger charge is 2.22. The van der Waals surface area contributed by atoms with E-state index in [2.05, 4.69) is 29.1 Å². The summed E-state index contributed by atoms with van der Waals surface area (Å²) in [5.74, 6) is 1.99. The molecule has 82 valence electrons. The molecule has 3 nitrogen and oxygen atoms in total. The van der Waals surface area contributed by atoms with Crippen LogP contribution in [0, 0.1) is 6.92 Å². The largest absolute Gasteiger partial charge is 0.316 e. The van der Waals surface area contributed by atoms with E-state index in [1.165, 1.54) is 17.7 Å². The topological polar surface area (TPSA) is 37.8 Å². The minimum atomic E-state index is 0.515. The number of rotatable bonds is 2. The van der Waals surface area contributed by atoms with Crippen molar-refractivity contribution in [2.75, 3.05) is 13.1 Å². The molecule has 3 heteroatoms. The van der Waals surface area contributed by atoms with Gasteiger partial charge in [-0.05, 0) is 31.4 Å². The molecule has 0 amide bonds. The van der Waals surface area contributed by atoms with Crippen molar-refractivity contribution in [3.8, 4) is 0 Å². The minimum absolute atomic E-state index is 0.515. The second-order valence-corrected chi connectivity index (χ2v) is 4.60. The van der Waals surface area contributed by atoms with E-state index in [4.69, 9.17) is 0 Å². The fraction of sp³-hybridized carbons (Fsp3) is 0.667. The summed E-state index contributed by atoms with van der Waals surface area (Å²) in [4.78, 5) is 8.93. The van der Waals surface area contributed by atoms with Gasteiger partial charge in [-0.15, -0.1) is 0 Å². The van der Waals surface area contributed by atoms with E-state index in [9.17, 15) is 0 Å². The fourth-order valence-corrected chi connectivity index (χ4v) is 2.16. The fourth-order valence-electron chi connectivity index (χ4n) is 2.16. The van der Waals surface area contributed by atoms with E-state index in [0.717, 1.165) is 18.9 Å². The first-order chi connectivity index (χ1) is 7.18. The summed E-state index contributed by atoms with van der Waals surface area (Å²) < 4.78 is 0. The lowest BCUT2D eigenvalue weighted by atomic mass is 9.94. The number of nitrogens with one attached hydrogen (secondary N) is 1. The van der Waals surface area contributed by atoms with Gasteiger partial charge in [-0.1, -0.05) is 13.8 Å². The van der Waals surface area contributed by atoms with Gasteiger partial charge in [0, 0.05) is 18.7 Å².